The van der Waals surface area contributed by atoms with Crippen LogP contribution in [0.2, 0.25) is 0 Å². The molecule has 1 heterocycles. The van der Waals surface area contributed by atoms with Crippen LogP contribution >= 0.6 is 11.3 Å². The smallest absolute Gasteiger partial charge is 0.325 e. The first-order chi connectivity index (χ1) is 12.9. The molecule has 0 unspecified atom stereocenters. The molecule has 0 saturated carbocycles. The molecule has 7 heteroatoms. The van der Waals surface area contributed by atoms with Gasteiger partial charge in [-0.3, -0.25) is 9.59 Å². The number of rotatable bonds is 4. The fourth-order valence-corrected chi connectivity index (χ4v) is 3.92. The van der Waals surface area contributed by atoms with Gasteiger partial charge in [0.25, 0.3) is 5.91 Å². The highest BCUT2D eigenvalue weighted by Gasteiger charge is 2.13. The lowest BCUT2D eigenvalue weighted by molar-refractivity contribution is -0.141. The minimum Gasteiger partial charge on any atom is -0.497 e. The number of thiazole rings is 1. The highest BCUT2D eigenvalue weighted by molar-refractivity contribution is 7.16. The molecule has 0 aliphatic heterocycles. The molecule has 1 amide bonds. The fraction of sp³-hybridized carbons (Fsp3) is 0.250. The highest BCUT2D eigenvalue weighted by atomic mass is 32.1. The van der Waals surface area contributed by atoms with Crippen molar-refractivity contribution in [3.8, 4) is 5.75 Å². The van der Waals surface area contributed by atoms with Gasteiger partial charge in [0.15, 0.2) is 4.80 Å². The Balaban J connectivity index is 2.15. The number of nitrogens with zero attached hydrogens (tertiary/aromatic N) is 2. The quantitative estimate of drug-likeness (QED) is 0.648. The Kier molecular flexibility index (Phi) is 5.41. The van der Waals surface area contributed by atoms with E-state index in [1.54, 1.807) is 29.9 Å². The van der Waals surface area contributed by atoms with Crippen LogP contribution in [0.3, 0.4) is 0 Å². The SMILES string of the molecule is COC(=O)Cn1c(=NC(=O)c2cc(C)cc(C)c2)sc2cc(OC)ccc21. The van der Waals surface area contributed by atoms with Crippen LogP contribution in [-0.2, 0) is 16.1 Å². The van der Waals surface area contributed by atoms with Crippen molar-refractivity contribution in [1.82, 2.24) is 4.57 Å². The normalized spacial score (nSPS) is 11.6. The molecule has 27 heavy (non-hydrogen) atoms. The molecular formula is C20H20N2O4S. The van der Waals surface area contributed by atoms with Crippen LogP contribution in [0.4, 0.5) is 0 Å². The first-order valence-corrected chi connectivity index (χ1v) is 9.14. The van der Waals surface area contributed by atoms with Crippen molar-refractivity contribution >= 4 is 33.4 Å². The number of ether oxygens (including phenoxy) is 2. The summed E-state index contributed by atoms with van der Waals surface area (Å²) in [6.07, 6.45) is 0. The molecular weight excluding hydrogens is 364 g/mol. The molecule has 1 aromatic heterocycles. The van der Waals surface area contributed by atoms with E-state index in [4.69, 9.17) is 9.47 Å². The zero-order valence-electron chi connectivity index (χ0n) is 15.6. The van der Waals surface area contributed by atoms with E-state index in [1.165, 1.54) is 18.4 Å². The summed E-state index contributed by atoms with van der Waals surface area (Å²) < 4.78 is 12.6. The number of hydrogen-bond donors (Lipinski definition) is 0. The van der Waals surface area contributed by atoms with Gasteiger partial charge in [-0.05, 0) is 44.2 Å². The van der Waals surface area contributed by atoms with Crippen molar-refractivity contribution in [3.63, 3.8) is 0 Å². The van der Waals surface area contributed by atoms with Crippen LogP contribution in [0.25, 0.3) is 10.2 Å². The first kappa shape index (κ1) is 18.8. The lowest BCUT2D eigenvalue weighted by atomic mass is 10.1. The maximum atomic E-state index is 12.7. The van der Waals surface area contributed by atoms with Gasteiger partial charge >= 0.3 is 5.97 Å². The molecule has 0 spiro atoms. The molecule has 3 aromatic rings. The molecule has 0 N–H and O–H groups in total. The van der Waals surface area contributed by atoms with Crippen LogP contribution in [0.5, 0.6) is 5.75 Å². The average Bonchev–Trinajstić information content (AvgIpc) is 2.96. The summed E-state index contributed by atoms with van der Waals surface area (Å²) in [6.45, 7) is 3.85. The Morgan fingerprint density at radius 1 is 1.07 bits per heavy atom. The number of carbonyl (C=O) groups is 2. The molecule has 0 fully saturated rings. The lowest BCUT2D eigenvalue weighted by Gasteiger charge is -2.05. The van der Waals surface area contributed by atoms with Gasteiger partial charge < -0.3 is 14.0 Å². The molecule has 0 bridgehead atoms. The van der Waals surface area contributed by atoms with E-state index in [0.717, 1.165) is 21.3 Å². The highest BCUT2D eigenvalue weighted by Crippen LogP contribution is 2.23. The number of esters is 1. The third-order valence-electron chi connectivity index (χ3n) is 4.07. The van der Waals surface area contributed by atoms with E-state index in [-0.39, 0.29) is 12.5 Å². The monoisotopic (exact) mass is 384 g/mol. The van der Waals surface area contributed by atoms with Gasteiger partial charge in [-0.2, -0.15) is 4.99 Å². The molecule has 0 aliphatic rings. The number of hydrogen-bond acceptors (Lipinski definition) is 5. The van der Waals surface area contributed by atoms with Crippen molar-refractivity contribution in [2.24, 2.45) is 4.99 Å². The van der Waals surface area contributed by atoms with E-state index in [9.17, 15) is 9.59 Å². The minimum absolute atomic E-state index is 0.0260. The lowest BCUT2D eigenvalue weighted by Crippen LogP contribution is -2.22. The predicted molar refractivity (Wildman–Crippen MR) is 104 cm³/mol. The van der Waals surface area contributed by atoms with Crippen molar-refractivity contribution in [2.75, 3.05) is 14.2 Å². The number of fused-ring (bicyclic) bond motifs is 1. The second-order valence-corrected chi connectivity index (χ2v) is 7.18. The molecule has 140 valence electrons. The van der Waals surface area contributed by atoms with Gasteiger partial charge in [0.05, 0.1) is 24.4 Å². The predicted octanol–water partition coefficient (Wildman–Crippen LogP) is 3.24. The summed E-state index contributed by atoms with van der Waals surface area (Å²) in [7, 11) is 2.92. The van der Waals surface area contributed by atoms with Crippen LogP contribution in [0.15, 0.2) is 41.4 Å². The summed E-state index contributed by atoms with van der Waals surface area (Å²) in [6, 6.07) is 11.1. The maximum Gasteiger partial charge on any atom is 0.325 e. The van der Waals surface area contributed by atoms with Crippen molar-refractivity contribution in [2.45, 2.75) is 20.4 Å². The second-order valence-electron chi connectivity index (χ2n) is 6.17. The second kappa shape index (κ2) is 7.75. The Morgan fingerprint density at radius 2 is 1.78 bits per heavy atom. The summed E-state index contributed by atoms with van der Waals surface area (Å²) in [5, 5.41) is 0. The zero-order chi connectivity index (χ0) is 19.6. The summed E-state index contributed by atoms with van der Waals surface area (Å²) in [5.41, 5.74) is 3.31. The van der Waals surface area contributed by atoms with E-state index in [1.807, 2.05) is 32.0 Å². The van der Waals surface area contributed by atoms with Crippen molar-refractivity contribution in [1.29, 1.82) is 0 Å². The van der Waals surface area contributed by atoms with Crippen LogP contribution < -0.4 is 9.54 Å². The number of carbonyl (C=O) groups excluding carboxylic acids is 2. The molecule has 6 nitrogen and oxygen atoms in total. The number of benzene rings is 2. The fourth-order valence-electron chi connectivity index (χ4n) is 2.86. The number of aryl methyl sites for hydroxylation is 2. The van der Waals surface area contributed by atoms with Gasteiger partial charge in [0, 0.05) is 5.56 Å². The topological polar surface area (TPSA) is 69.9 Å². The largest absolute Gasteiger partial charge is 0.497 e. The van der Waals surface area contributed by atoms with Gasteiger partial charge in [-0.15, -0.1) is 0 Å². The van der Waals surface area contributed by atoms with Gasteiger partial charge in [0.1, 0.15) is 12.3 Å². The summed E-state index contributed by atoms with van der Waals surface area (Å²) in [5.74, 6) is -0.0640. The van der Waals surface area contributed by atoms with Crippen LogP contribution in [0.1, 0.15) is 21.5 Å². The van der Waals surface area contributed by atoms with E-state index in [2.05, 4.69) is 4.99 Å². The van der Waals surface area contributed by atoms with E-state index in [0.29, 0.717) is 16.1 Å². The third-order valence-corrected chi connectivity index (χ3v) is 5.11. The molecule has 0 aliphatic carbocycles. The number of aromatic nitrogens is 1. The van der Waals surface area contributed by atoms with Crippen molar-refractivity contribution in [3.05, 3.63) is 57.9 Å². The summed E-state index contributed by atoms with van der Waals surface area (Å²) >= 11 is 1.32. The molecule has 0 saturated heterocycles. The molecule has 0 radical (unpaired) electrons. The third kappa shape index (κ3) is 4.09. The molecule has 3 rings (SSSR count). The number of amides is 1. The standard InChI is InChI=1S/C20H20N2O4S/c1-12-7-13(2)9-14(8-12)19(24)21-20-22(11-18(23)26-4)16-6-5-15(25-3)10-17(16)27-20/h5-10H,11H2,1-4H3. The summed E-state index contributed by atoms with van der Waals surface area (Å²) in [4.78, 5) is 29.3. The Labute approximate surface area is 160 Å². The van der Waals surface area contributed by atoms with Gasteiger partial charge in [-0.1, -0.05) is 28.5 Å². The van der Waals surface area contributed by atoms with Crippen LogP contribution in [0, 0.1) is 13.8 Å². The number of methoxy groups -OCH3 is 2. The van der Waals surface area contributed by atoms with Crippen LogP contribution in [-0.4, -0.2) is 30.7 Å². The Bertz CT molecular complexity index is 1070. The molecule has 2 aromatic carbocycles. The molecule has 0 atom stereocenters. The Morgan fingerprint density at radius 3 is 2.41 bits per heavy atom. The first-order valence-electron chi connectivity index (χ1n) is 8.33. The van der Waals surface area contributed by atoms with E-state index >= 15 is 0 Å². The maximum absolute atomic E-state index is 12.7. The Hall–Kier alpha value is -2.93. The van der Waals surface area contributed by atoms with E-state index < -0.39 is 5.97 Å². The zero-order valence-corrected chi connectivity index (χ0v) is 16.4. The van der Waals surface area contributed by atoms with Crippen molar-refractivity contribution < 1.29 is 19.1 Å². The average molecular weight is 384 g/mol. The van der Waals surface area contributed by atoms with Gasteiger partial charge in [-0.25, -0.2) is 0 Å². The van der Waals surface area contributed by atoms with Gasteiger partial charge in [0.2, 0.25) is 0 Å². The minimum atomic E-state index is -0.411.